The summed E-state index contributed by atoms with van der Waals surface area (Å²) >= 11 is 7.33. The maximum atomic E-state index is 13.6. The molecule has 0 aliphatic heterocycles. The number of Topliss-reactive ketones (excluding diaryl/α,β-unsaturated/α-hetero) is 1. The van der Waals surface area contributed by atoms with E-state index < -0.39 is 5.82 Å². The molecular weight excluding hydrogens is 459 g/mol. The highest BCUT2D eigenvalue weighted by molar-refractivity contribution is 7.99. The molecule has 0 atom stereocenters. The number of carbonyl (C=O) groups is 1. The SMILES string of the molecule is Cc1cc2nnc(SCC(=O)c3cc(C)n(-c4ccc(F)c(Cl)c4)c3C)n2c2ccccc12. The van der Waals surface area contributed by atoms with Crippen molar-refractivity contribution in [3.05, 3.63) is 88.0 Å². The van der Waals surface area contributed by atoms with Gasteiger partial charge in [-0.1, -0.05) is 41.6 Å². The Balaban J connectivity index is 1.45. The Labute approximate surface area is 199 Å². The van der Waals surface area contributed by atoms with Crippen LogP contribution in [0.15, 0.2) is 59.8 Å². The second-order valence-corrected chi connectivity index (χ2v) is 9.30. The minimum atomic E-state index is -0.473. The topological polar surface area (TPSA) is 52.2 Å². The van der Waals surface area contributed by atoms with Gasteiger partial charge in [-0.3, -0.25) is 9.20 Å². The van der Waals surface area contributed by atoms with Crippen LogP contribution in [0.4, 0.5) is 4.39 Å². The Bertz CT molecular complexity index is 1560. The first-order valence-corrected chi connectivity index (χ1v) is 11.8. The molecule has 0 radical (unpaired) electrons. The van der Waals surface area contributed by atoms with Crippen LogP contribution in [-0.4, -0.2) is 30.7 Å². The van der Waals surface area contributed by atoms with E-state index in [2.05, 4.69) is 23.2 Å². The number of ketones is 1. The van der Waals surface area contributed by atoms with Gasteiger partial charge in [0.2, 0.25) is 0 Å². The molecule has 33 heavy (non-hydrogen) atoms. The first kappa shape index (κ1) is 21.7. The summed E-state index contributed by atoms with van der Waals surface area (Å²) in [7, 11) is 0. The van der Waals surface area contributed by atoms with Gasteiger partial charge in [-0.25, -0.2) is 4.39 Å². The number of thioether (sulfide) groups is 1. The maximum Gasteiger partial charge on any atom is 0.196 e. The van der Waals surface area contributed by atoms with Crippen molar-refractivity contribution in [1.82, 2.24) is 19.2 Å². The van der Waals surface area contributed by atoms with Crippen LogP contribution >= 0.6 is 23.4 Å². The molecule has 5 rings (SSSR count). The molecule has 166 valence electrons. The standard InChI is InChI=1S/C25H20ClFN4OS/c1-14-10-24-28-29-25(31(24)22-7-5-4-6-18(14)22)33-13-23(32)19-11-15(2)30(16(19)3)17-8-9-21(27)20(26)12-17/h4-12H,13H2,1-3H3. The summed E-state index contributed by atoms with van der Waals surface area (Å²) in [6.07, 6.45) is 0. The van der Waals surface area contributed by atoms with Crippen LogP contribution in [0.25, 0.3) is 22.2 Å². The third-order valence-electron chi connectivity index (χ3n) is 5.80. The molecule has 0 amide bonds. The fourth-order valence-corrected chi connectivity index (χ4v) is 5.25. The van der Waals surface area contributed by atoms with E-state index in [9.17, 15) is 9.18 Å². The lowest BCUT2D eigenvalue weighted by Crippen LogP contribution is -2.06. The molecule has 3 aromatic heterocycles. The molecule has 0 N–H and O–H groups in total. The summed E-state index contributed by atoms with van der Waals surface area (Å²) in [5, 5.41) is 10.5. The minimum absolute atomic E-state index is 0.0132. The molecule has 0 aliphatic rings. The third kappa shape index (κ3) is 3.71. The van der Waals surface area contributed by atoms with E-state index in [1.54, 1.807) is 12.1 Å². The summed E-state index contributed by atoms with van der Waals surface area (Å²) in [6.45, 7) is 5.84. The van der Waals surface area contributed by atoms with E-state index in [1.807, 2.05) is 53.1 Å². The van der Waals surface area contributed by atoms with Gasteiger partial charge in [0.05, 0.1) is 16.3 Å². The fraction of sp³-hybridized carbons (Fsp3) is 0.160. The maximum absolute atomic E-state index is 13.6. The van der Waals surface area contributed by atoms with Crippen molar-refractivity contribution in [1.29, 1.82) is 0 Å². The zero-order valence-electron chi connectivity index (χ0n) is 18.3. The smallest absolute Gasteiger partial charge is 0.196 e. The van der Waals surface area contributed by atoms with Crippen LogP contribution in [0.1, 0.15) is 27.3 Å². The number of halogens is 2. The number of aromatic nitrogens is 4. The van der Waals surface area contributed by atoms with Crippen molar-refractivity contribution in [3.63, 3.8) is 0 Å². The minimum Gasteiger partial charge on any atom is -0.318 e. The van der Waals surface area contributed by atoms with Gasteiger partial charge >= 0.3 is 0 Å². The van der Waals surface area contributed by atoms with Gasteiger partial charge in [0.1, 0.15) is 5.82 Å². The first-order chi connectivity index (χ1) is 15.8. The van der Waals surface area contributed by atoms with E-state index in [0.717, 1.165) is 33.5 Å². The molecular formula is C25H20ClFN4OS. The van der Waals surface area contributed by atoms with Crippen molar-refractivity contribution in [2.75, 3.05) is 5.75 Å². The number of pyridine rings is 1. The second kappa shape index (κ2) is 8.32. The monoisotopic (exact) mass is 478 g/mol. The van der Waals surface area contributed by atoms with Crippen LogP contribution < -0.4 is 0 Å². The Morgan fingerprint density at radius 2 is 1.85 bits per heavy atom. The third-order valence-corrected chi connectivity index (χ3v) is 7.02. The van der Waals surface area contributed by atoms with Crippen LogP contribution in [-0.2, 0) is 0 Å². The van der Waals surface area contributed by atoms with Gasteiger partial charge in [-0.2, -0.15) is 0 Å². The summed E-state index contributed by atoms with van der Waals surface area (Å²) < 4.78 is 17.5. The molecule has 8 heteroatoms. The number of nitrogens with zero attached hydrogens (tertiary/aromatic N) is 4. The van der Waals surface area contributed by atoms with Gasteiger partial charge in [-0.05, 0) is 62.7 Å². The lowest BCUT2D eigenvalue weighted by molar-refractivity contribution is 0.102. The van der Waals surface area contributed by atoms with E-state index in [4.69, 9.17) is 11.6 Å². The van der Waals surface area contributed by atoms with Gasteiger partial charge in [0, 0.05) is 28.0 Å². The van der Waals surface area contributed by atoms with Crippen molar-refractivity contribution in [2.24, 2.45) is 0 Å². The molecule has 0 saturated carbocycles. The number of fused-ring (bicyclic) bond motifs is 3. The van der Waals surface area contributed by atoms with Gasteiger partial charge in [-0.15, -0.1) is 10.2 Å². The molecule has 0 saturated heterocycles. The number of rotatable bonds is 5. The fourth-order valence-electron chi connectivity index (χ4n) is 4.24. The van der Waals surface area contributed by atoms with Crippen LogP contribution in [0, 0.1) is 26.6 Å². The average molecular weight is 479 g/mol. The normalized spacial score (nSPS) is 11.5. The van der Waals surface area contributed by atoms with Gasteiger partial charge < -0.3 is 4.57 Å². The number of carbonyl (C=O) groups excluding carboxylic acids is 1. The zero-order chi connectivity index (χ0) is 23.3. The molecule has 5 nitrogen and oxygen atoms in total. The van der Waals surface area contributed by atoms with Crippen molar-refractivity contribution in [3.8, 4) is 5.69 Å². The van der Waals surface area contributed by atoms with Crippen LogP contribution in [0.3, 0.4) is 0 Å². The average Bonchev–Trinajstić information content (AvgIpc) is 3.34. The van der Waals surface area contributed by atoms with Crippen molar-refractivity contribution in [2.45, 2.75) is 25.9 Å². The molecule has 0 aliphatic carbocycles. The van der Waals surface area contributed by atoms with E-state index in [1.165, 1.54) is 17.8 Å². The molecule has 3 heterocycles. The van der Waals surface area contributed by atoms with E-state index in [-0.39, 0.29) is 16.6 Å². The molecule has 5 aromatic rings. The van der Waals surface area contributed by atoms with Crippen LogP contribution in [0.2, 0.25) is 5.02 Å². The summed E-state index contributed by atoms with van der Waals surface area (Å²) in [5.41, 5.74) is 5.90. The highest BCUT2D eigenvalue weighted by atomic mass is 35.5. The number of hydrogen-bond acceptors (Lipinski definition) is 4. The molecule has 0 bridgehead atoms. The van der Waals surface area contributed by atoms with Crippen LogP contribution in [0.5, 0.6) is 0 Å². The van der Waals surface area contributed by atoms with Gasteiger partial charge in [0.25, 0.3) is 0 Å². The Morgan fingerprint density at radius 1 is 1.06 bits per heavy atom. The summed E-state index contributed by atoms with van der Waals surface area (Å²) in [6, 6.07) is 16.5. The summed E-state index contributed by atoms with van der Waals surface area (Å²) in [4.78, 5) is 13.2. The molecule has 2 aromatic carbocycles. The largest absolute Gasteiger partial charge is 0.318 e. The molecule has 0 spiro atoms. The highest BCUT2D eigenvalue weighted by Gasteiger charge is 2.19. The van der Waals surface area contributed by atoms with E-state index in [0.29, 0.717) is 16.4 Å². The lowest BCUT2D eigenvalue weighted by atomic mass is 10.1. The van der Waals surface area contributed by atoms with Gasteiger partial charge in [0.15, 0.2) is 16.6 Å². The van der Waals surface area contributed by atoms with E-state index >= 15 is 0 Å². The molecule has 0 unspecified atom stereocenters. The Hall–Kier alpha value is -3.16. The van der Waals surface area contributed by atoms with Crippen molar-refractivity contribution < 1.29 is 9.18 Å². The molecule has 0 fully saturated rings. The number of benzene rings is 2. The quantitative estimate of drug-likeness (QED) is 0.218. The number of para-hydroxylation sites is 1. The highest BCUT2D eigenvalue weighted by Crippen LogP contribution is 2.28. The zero-order valence-corrected chi connectivity index (χ0v) is 19.8. The van der Waals surface area contributed by atoms with Crippen molar-refractivity contribution >= 4 is 45.7 Å². The Kier molecular flexibility index (Phi) is 5.46. The predicted octanol–water partition coefficient (Wildman–Crippen LogP) is 6.37. The first-order valence-electron chi connectivity index (χ1n) is 10.4. The second-order valence-electron chi connectivity index (χ2n) is 7.95. The number of aryl methyl sites for hydroxylation is 2. The summed E-state index contributed by atoms with van der Waals surface area (Å²) in [5.74, 6) is -0.267. The Morgan fingerprint density at radius 3 is 2.64 bits per heavy atom. The predicted molar refractivity (Wildman–Crippen MR) is 130 cm³/mol. The lowest BCUT2D eigenvalue weighted by Gasteiger charge is -2.10. The number of hydrogen-bond donors (Lipinski definition) is 0.